The zero-order chi connectivity index (χ0) is 13.8. The Morgan fingerprint density at radius 2 is 2.11 bits per heavy atom. The Balaban J connectivity index is 1.80. The van der Waals surface area contributed by atoms with Gasteiger partial charge in [-0.05, 0) is 49.7 Å². The van der Waals surface area contributed by atoms with Crippen LogP contribution in [0.2, 0.25) is 0 Å². The van der Waals surface area contributed by atoms with Gasteiger partial charge in [0.2, 0.25) is 0 Å². The van der Waals surface area contributed by atoms with Gasteiger partial charge in [-0.1, -0.05) is 20.8 Å². The topological polar surface area (TPSA) is 26.3 Å². The molecule has 1 aromatic heterocycles. The van der Waals surface area contributed by atoms with Gasteiger partial charge in [-0.15, -0.1) is 11.3 Å². The molecule has 106 valence electrons. The molecule has 0 amide bonds. The Hall–Kier alpha value is -0.670. The Morgan fingerprint density at radius 1 is 1.32 bits per heavy atom. The molecule has 3 heteroatoms. The summed E-state index contributed by atoms with van der Waals surface area (Å²) in [6, 6.07) is 3.98. The molecule has 1 aliphatic rings. The van der Waals surface area contributed by atoms with Crippen molar-refractivity contribution in [1.29, 1.82) is 0 Å². The summed E-state index contributed by atoms with van der Waals surface area (Å²) >= 11 is 1.60. The fraction of sp³-hybridized carbons (Fsp3) is 0.688. The lowest BCUT2D eigenvalue weighted by Gasteiger charge is -2.31. The van der Waals surface area contributed by atoms with Crippen molar-refractivity contribution >= 4 is 17.1 Å². The van der Waals surface area contributed by atoms with E-state index >= 15 is 0 Å². The first kappa shape index (κ1) is 14.7. The molecular formula is C16H24O2S. The number of hydrogen-bond acceptors (Lipinski definition) is 3. The standard InChI is InChI=1S/C16H24O2S/c1-4-14-7-8-16(19-14)15(17)10-18-13-6-5-11(2)12(3)9-13/h7-8,11-13H,4-6,9-10H2,1-3H3. The van der Waals surface area contributed by atoms with Gasteiger partial charge in [0.05, 0.1) is 11.0 Å². The predicted molar refractivity (Wildman–Crippen MR) is 79.9 cm³/mol. The van der Waals surface area contributed by atoms with Gasteiger partial charge in [0, 0.05) is 4.88 Å². The lowest BCUT2D eigenvalue weighted by Crippen LogP contribution is -2.28. The third-order valence-corrected chi connectivity index (χ3v) is 5.56. The number of rotatable bonds is 5. The van der Waals surface area contributed by atoms with E-state index < -0.39 is 0 Å². The average Bonchev–Trinajstić information content (AvgIpc) is 2.88. The summed E-state index contributed by atoms with van der Waals surface area (Å²) in [5.41, 5.74) is 0. The summed E-state index contributed by atoms with van der Waals surface area (Å²) in [5, 5.41) is 0. The van der Waals surface area contributed by atoms with Crippen LogP contribution in [0.1, 0.15) is 54.6 Å². The second kappa shape index (κ2) is 6.67. The molecule has 1 saturated carbocycles. The molecule has 1 aromatic rings. The largest absolute Gasteiger partial charge is 0.370 e. The second-order valence-corrected chi connectivity index (χ2v) is 6.91. The number of carbonyl (C=O) groups excluding carboxylic acids is 1. The number of ketones is 1. The lowest BCUT2D eigenvalue weighted by atomic mass is 9.80. The molecule has 2 rings (SSSR count). The van der Waals surface area contributed by atoms with Gasteiger partial charge in [-0.3, -0.25) is 4.79 Å². The summed E-state index contributed by atoms with van der Waals surface area (Å²) in [7, 11) is 0. The van der Waals surface area contributed by atoms with Crippen molar-refractivity contribution in [3.05, 3.63) is 21.9 Å². The van der Waals surface area contributed by atoms with Crippen LogP contribution in [0.15, 0.2) is 12.1 Å². The maximum absolute atomic E-state index is 12.0. The van der Waals surface area contributed by atoms with Crippen molar-refractivity contribution in [2.24, 2.45) is 11.8 Å². The van der Waals surface area contributed by atoms with Crippen molar-refractivity contribution < 1.29 is 9.53 Å². The first-order chi connectivity index (χ1) is 9.10. The number of thiophene rings is 1. The third kappa shape index (κ3) is 3.90. The fourth-order valence-electron chi connectivity index (χ4n) is 2.63. The van der Waals surface area contributed by atoms with Gasteiger partial charge >= 0.3 is 0 Å². The maximum atomic E-state index is 12.0. The van der Waals surface area contributed by atoms with E-state index in [4.69, 9.17) is 4.74 Å². The van der Waals surface area contributed by atoms with Gasteiger partial charge in [-0.25, -0.2) is 0 Å². The van der Waals surface area contributed by atoms with E-state index in [1.54, 1.807) is 11.3 Å². The van der Waals surface area contributed by atoms with Crippen LogP contribution in [0.25, 0.3) is 0 Å². The number of Topliss-reactive ketones (excluding diaryl/α,β-unsaturated/α-hetero) is 1. The highest BCUT2D eigenvalue weighted by atomic mass is 32.1. The smallest absolute Gasteiger partial charge is 0.198 e. The number of ether oxygens (including phenoxy) is 1. The number of carbonyl (C=O) groups is 1. The molecule has 3 unspecified atom stereocenters. The molecule has 19 heavy (non-hydrogen) atoms. The van der Waals surface area contributed by atoms with Crippen LogP contribution >= 0.6 is 11.3 Å². The summed E-state index contributed by atoms with van der Waals surface area (Å²) in [6.45, 7) is 6.95. The minimum atomic E-state index is 0.135. The molecule has 0 aliphatic heterocycles. The van der Waals surface area contributed by atoms with E-state index in [2.05, 4.69) is 20.8 Å². The molecule has 0 spiro atoms. The van der Waals surface area contributed by atoms with Crippen LogP contribution in [-0.4, -0.2) is 18.5 Å². The van der Waals surface area contributed by atoms with E-state index in [1.165, 1.54) is 11.3 Å². The molecule has 0 saturated heterocycles. The van der Waals surface area contributed by atoms with E-state index in [0.29, 0.717) is 5.92 Å². The zero-order valence-electron chi connectivity index (χ0n) is 12.1. The van der Waals surface area contributed by atoms with Crippen molar-refractivity contribution in [2.45, 2.75) is 52.6 Å². The lowest BCUT2D eigenvalue weighted by molar-refractivity contribution is 0.00723. The summed E-state index contributed by atoms with van der Waals surface area (Å²) in [6.07, 6.45) is 4.69. The quantitative estimate of drug-likeness (QED) is 0.750. The van der Waals surface area contributed by atoms with Gasteiger partial charge in [-0.2, -0.15) is 0 Å². The Morgan fingerprint density at radius 3 is 2.74 bits per heavy atom. The van der Waals surface area contributed by atoms with Crippen LogP contribution in [0.4, 0.5) is 0 Å². The Kier molecular flexibility index (Phi) is 5.17. The van der Waals surface area contributed by atoms with Gasteiger partial charge in [0.15, 0.2) is 5.78 Å². The minimum Gasteiger partial charge on any atom is -0.370 e. The Labute approximate surface area is 120 Å². The van der Waals surface area contributed by atoms with Crippen molar-refractivity contribution in [3.8, 4) is 0 Å². The first-order valence-electron chi connectivity index (χ1n) is 7.33. The molecule has 0 bridgehead atoms. The normalized spacial score (nSPS) is 27.4. The molecule has 3 atom stereocenters. The first-order valence-corrected chi connectivity index (χ1v) is 8.15. The Bertz CT molecular complexity index is 424. The molecule has 0 aromatic carbocycles. The van der Waals surface area contributed by atoms with Crippen molar-refractivity contribution in [1.82, 2.24) is 0 Å². The third-order valence-electron chi connectivity index (χ3n) is 4.29. The number of aryl methyl sites for hydroxylation is 1. The maximum Gasteiger partial charge on any atom is 0.198 e. The van der Waals surface area contributed by atoms with Gasteiger partial charge in [0.25, 0.3) is 0 Å². The van der Waals surface area contributed by atoms with Crippen LogP contribution in [0.5, 0.6) is 0 Å². The summed E-state index contributed by atoms with van der Waals surface area (Å²) in [4.78, 5) is 14.2. The fourth-order valence-corrected chi connectivity index (χ4v) is 3.50. The van der Waals surface area contributed by atoms with E-state index in [0.717, 1.165) is 30.1 Å². The highest BCUT2D eigenvalue weighted by Gasteiger charge is 2.25. The number of hydrogen-bond donors (Lipinski definition) is 0. The van der Waals surface area contributed by atoms with E-state index in [-0.39, 0.29) is 18.5 Å². The van der Waals surface area contributed by atoms with Crippen molar-refractivity contribution in [2.75, 3.05) is 6.61 Å². The zero-order valence-corrected chi connectivity index (χ0v) is 13.0. The second-order valence-electron chi connectivity index (χ2n) is 5.74. The SMILES string of the molecule is CCc1ccc(C(=O)COC2CCC(C)C(C)C2)s1. The molecule has 2 nitrogen and oxygen atoms in total. The highest BCUT2D eigenvalue weighted by Crippen LogP contribution is 2.31. The molecule has 0 N–H and O–H groups in total. The van der Waals surface area contributed by atoms with Crippen LogP contribution in [-0.2, 0) is 11.2 Å². The van der Waals surface area contributed by atoms with Gasteiger partial charge in [0.1, 0.15) is 6.61 Å². The highest BCUT2D eigenvalue weighted by molar-refractivity contribution is 7.14. The monoisotopic (exact) mass is 280 g/mol. The van der Waals surface area contributed by atoms with E-state index in [1.807, 2.05) is 12.1 Å². The van der Waals surface area contributed by atoms with Crippen LogP contribution in [0, 0.1) is 11.8 Å². The van der Waals surface area contributed by atoms with Crippen molar-refractivity contribution in [3.63, 3.8) is 0 Å². The molecule has 1 heterocycles. The summed E-state index contributed by atoms with van der Waals surface area (Å²) < 4.78 is 5.82. The molecule has 0 radical (unpaired) electrons. The summed E-state index contributed by atoms with van der Waals surface area (Å²) in [5.74, 6) is 1.64. The molecule has 1 aliphatic carbocycles. The van der Waals surface area contributed by atoms with Gasteiger partial charge < -0.3 is 4.74 Å². The molecular weight excluding hydrogens is 256 g/mol. The van der Waals surface area contributed by atoms with Crippen LogP contribution in [0.3, 0.4) is 0 Å². The van der Waals surface area contributed by atoms with E-state index in [9.17, 15) is 4.79 Å². The van der Waals surface area contributed by atoms with Crippen LogP contribution < -0.4 is 0 Å². The minimum absolute atomic E-state index is 0.135. The average molecular weight is 280 g/mol. The predicted octanol–water partition coefficient (Wildman–Crippen LogP) is 4.33. The molecule has 1 fully saturated rings.